The van der Waals surface area contributed by atoms with Gasteiger partial charge in [-0.3, -0.25) is 0 Å². The molecule has 6 heteroatoms. The first kappa shape index (κ1) is 17.4. The highest BCUT2D eigenvalue weighted by molar-refractivity contribution is 7.80. The summed E-state index contributed by atoms with van der Waals surface area (Å²) in [5.74, 6) is 0.724. The Balaban J connectivity index is 2.19. The lowest BCUT2D eigenvalue weighted by Crippen LogP contribution is -2.09. The summed E-state index contributed by atoms with van der Waals surface area (Å²) in [6, 6.07) is 19.3. The van der Waals surface area contributed by atoms with Crippen LogP contribution in [0.5, 0.6) is 5.75 Å². The summed E-state index contributed by atoms with van der Waals surface area (Å²) >= 11 is 4.95. The van der Waals surface area contributed by atoms with Crippen LogP contribution in [0.1, 0.15) is 5.56 Å². The maximum Gasteiger partial charge on any atom is 0.119 e. The number of hydrogen-bond acceptors (Lipinski definition) is 4. The van der Waals surface area contributed by atoms with E-state index in [0.717, 1.165) is 22.6 Å². The van der Waals surface area contributed by atoms with E-state index >= 15 is 0 Å². The Hall–Kier alpha value is -3.43. The van der Waals surface area contributed by atoms with E-state index < -0.39 is 0 Å². The number of thiocarbonyl (C=S) groups is 1. The van der Waals surface area contributed by atoms with Crippen LogP contribution in [0.15, 0.2) is 66.4 Å². The second-order valence-corrected chi connectivity index (χ2v) is 5.92. The van der Waals surface area contributed by atoms with E-state index in [9.17, 15) is 5.26 Å². The Kier molecular flexibility index (Phi) is 5.11. The minimum atomic E-state index is 0.0524. The number of aromatic nitrogens is 2. The van der Waals surface area contributed by atoms with E-state index in [0.29, 0.717) is 5.69 Å². The fourth-order valence-corrected chi connectivity index (χ4v) is 2.62. The van der Waals surface area contributed by atoms with Crippen LogP contribution in [-0.4, -0.2) is 21.9 Å². The second-order valence-electron chi connectivity index (χ2n) is 5.48. The zero-order valence-electron chi connectivity index (χ0n) is 14.1. The number of hydrogen-bond donors (Lipinski definition) is 1. The molecule has 0 amide bonds. The molecule has 3 aromatic rings. The van der Waals surface area contributed by atoms with Gasteiger partial charge < -0.3 is 10.5 Å². The first-order valence-electron chi connectivity index (χ1n) is 7.83. The summed E-state index contributed by atoms with van der Waals surface area (Å²) in [5, 5.41) is 14.0. The zero-order valence-corrected chi connectivity index (χ0v) is 14.9. The van der Waals surface area contributed by atoms with Gasteiger partial charge in [-0.05, 0) is 30.3 Å². The van der Waals surface area contributed by atoms with Gasteiger partial charge in [0.2, 0.25) is 0 Å². The van der Waals surface area contributed by atoms with Crippen LogP contribution >= 0.6 is 12.2 Å². The molecule has 128 valence electrons. The molecule has 0 radical (unpaired) electrons. The molecule has 0 saturated carbocycles. The van der Waals surface area contributed by atoms with Crippen molar-refractivity contribution in [2.45, 2.75) is 0 Å². The molecule has 0 saturated heterocycles. The predicted octanol–water partition coefficient (Wildman–Crippen LogP) is 3.74. The smallest absolute Gasteiger partial charge is 0.119 e. The summed E-state index contributed by atoms with van der Waals surface area (Å²) in [7, 11) is 1.61. The van der Waals surface area contributed by atoms with Gasteiger partial charge in [0.05, 0.1) is 18.4 Å². The summed E-state index contributed by atoms with van der Waals surface area (Å²) in [6.45, 7) is 0. The predicted molar refractivity (Wildman–Crippen MR) is 106 cm³/mol. The van der Waals surface area contributed by atoms with Crippen molar-refractivity contribution in [2.24, 2.45) is 5.73 Å². The molecule has 3 rings (SSSR count). The molecule has 26 heavy (non-hydrogen) atoms. The molecule has 0 fully saturated rings. The molecule has 1 heterocycles. The van der Waals surface area contributed by atoms with Gasteiger partial charge in [0.25, 0.3) is 0 Å². The van der Waals surface area contributed by atoms with Crippen LogP contribution in [0.25, 0.3) is 23.0 Å². The quantitative estimate of drug-likeness (QED) is 0.426. The average molecular weight is 360 g/mol. The van der Waals surface area contributed by atoms with Gasteiger partial charge in [-0.25, -0.2) is 4.68 Å². The van der Waals surface area contributed by atoms with Crippen molar-refractivity contribution in [3.05, 3.63) is 71.9 Å². The van der Waals surface area contributed by atoms with Gasteiger partial charge in [-0.2, -0.15) is 10.4 Å². The van der Waals surface area contributed by atoms with Crippen molar-refractivity contribution in [1.82, 2.24) is 9.78 Å². The van der Waals surface area contributed by atoms with Crippen molar-refractivity contribution >= 4 is 23.3 Å². The van der Waals surface area contributed by atoms with Crippen molar-refractivity contribution in [1.29, 1.82) is 5.26 Å². The minimum absolute atomic E-state index is 0.0524. The zero-order chi connectivity index (χ0) is 18.5. The first-order valence-corrected chi connectivity index (χ1v) is 8.24. The number of rotatable bonds is 5. The number of para-hydroxylation sites is 1. The molecule has 2 N–H and O–H groups in total. The summed E-state index contributed by atoms with van der Waals surface area (Å²) < 4.78 is 7.06. The van der Waals surface area contributed by atoms with Crippen LogP contribution in [0, 0.1) is 11.3 Å². The van der Waals surface area contributed by atoms with Crippen molar-refractivity contribution < 1.29 is 4.74 Å². The third kappa shape index (κ3) is 3.63. The number of ether oxygens (including phenoxy) is 1. The largest absolute Gasteiger partial charge is 0.497 e. The van der Waals surface area contributed by atoms with Gasteiger partial charge in [-0.1, -0.05) is 42.5 Å². The van der Waals surface area contributed by atoms with Crippen LogP contribution in [0.2, 0.25) is 0 Å². The van der Waals surface area contributed by atoms with Crippen molar-refractivity contribution in [2.75, 3.05) is 7.11 Å². The van der Waals surface area contributed by atoms with Gasteiger partial charge in [-0.15, -0.1) is 0 Å². The van der Waals surface area contributed by atoms with Crippen LogP contribution in [-0.2, 0) is 0 Å². The molecule has 0 unspecified atom stereocenters. The fraction of sp³-hybridized carbons (Fsp3) is 0.0500. The normalized spacial score (nSPS) is 11.0. The second kappa shape index (κ2) is 7.64. The minimum Gasteiger partial charge on any atom is -0.497 e. The molecule has 0 aliphatic heterocycles. The molecule has 0 aliphatic carbocycles. The Morgan fingerprint density at radius 2 is 2.00 bits per heavy atom. The highest BCUT2D eigenvalue weighted by Gasteiger charge is 2.13. The third-order valence-corrected chi connectivity index (χ3v) is 4.01. The van der Waals surface area contributed by atoms with Gasteiger partial charge in [0, 0.05) is 17.3 Å². The van der Waals surface area contributed by atoms with Crippen LogP contribution in [0.4, 0.5) is 0 Å². The number of nitriles is 1. The number of benzene rings is 2. The highest BCUT2D eigenvalue weighted by Crippen LogP contribution is 2.28. The topological polar surface area (TPSA) is 76.9 Å². The van der Waals surface area contributed by atoms with Gasteiger partial charge in [0.1, 0.15) is 22.5 Å². The monoisotopic (exact) mass is 360 g/mol. The number of nitrogens with two attached hydrogens (primary N) is 1. The Morgan fingerprint density at radius 1 is 1.23 bits per heavy atom. The summed E-state index contributed by atoms with van der Waals surface area (Å²) in [4.78, 5) is 0.0524. The average Bonchev–Trinajstić information content (AvgIpc) is 3.10. The van der Waals surface area contributed by atoms with Gasteiger partial charge in [0.15, 0.2) is 0 Å². The molecule has 2 aromatic carbocycles. The first-order chi connectivity index (χ1) is 12.6. The molecule has 0 spiro atoms. The van der Waals surface area contributed by atoms with E-state index in [-0.39, 0.29) is 10.6 Å². The molecule has 1 aromatic heterocycles. The van der Waals surface area contributed by atoms with E-state index in [1.807, 2.05) is 66.9 Å². The van der Waals surface area contributed by atoms with E-state index in [2.05, 4.69) is 0 Å². The fourth-order valence-electron chi connectivity index (χ4n) is 2.51. The van der Waals surface area contributed by atoms with Crippen LogP contribution in [0.3, 0.4) is 0 Å². The lowest BCUT2D eigenvalue weighted by atomic mass is 10.1. The lowest BCUT2D eigenvalue weighted by Gasteiger charge is -2.03. The summed E-state index contributed by atoms with van der Waals surface area (Å²) in [6.07, 6.45) is 3.50. The van der Waals surface area contributed by atoms with E-state index in [1.54, 1.807) is 17.9 Å². The summed E-state index contributed by atoms with van der Waals surface area (Å²) in [5.41, 5.74) is 9.10. The number of nitrogens with zero attached hydrogens (tertiary/aromatic N) is 3. The molecule has 0 atom stereocenters. The maximum atomic E-state index is 9.29. The Labute approximate surface area is 156 Å². The van der Waals surface area contributed by atoms with Crippen molar-refractivity contribution in [3.63, 3.8) is 0 Å². The van der Waals surface area contributed by atoms with Gasteiger partial charge >= 0.3 is 0 Å². The van der Waals surface area contributed by atoms with E-state index in [4.69, 9.17) is 27.8 Å². The Morgan fingerprint density at radius 3 is 2.65 bits per heavy atom. The highest BCUT2D eigenvalue weighted by atomic mass is 32.1. The Bertz CT molecular complexity index is 1020. The molecule has 0 aliphatic rings. The standard InChI is InChI=1S/C20H16N4OS/c1-25-18-9-5-6-14(11-18)19-16(10-15(12-21)20(22)26)13-24(23-19)17-7-3-2-4-8-17/h2-11,13H,1H3,(H2,22,26). The maximum absolute atomic E-state index is 9.29. The number of methoxy groups -OCH3 is 1. The third-order valence-electron chi connectivity index (χ3n) is 3.79. The lowest BCUT2D eigenvalue weighted by molar-refractivity contribution is 0.415. The van der Waals surface area contributed by atoms with Crippen LogP contribution < -0.4 is 10.5 Å². The molecular formula is C20H16N4OS. The SMILES string of the molecule is COc1cccc(-c2nn(-c3ccccc3)cc2C=C(C#N)C(N)=S)c1. The molecule has 0 bridgehead atoms. The van der Waals surface area contributed by atoms with Crippen molar-refractivity contribution in [3.8, 4) is 28.8 Å². The molecule has 5 nitrogen and oxygen atoms in total. The van der Waals surface area contributed by atoms with E-state index in [1.165, 1.54) is 0 Å². The molecular weight excluding hydrogens is 344 g/mol.